The van der Waals surface area contributed by atoms with Crippen LogP contribution >= 0.6 is 11.6 Å². The van der Waals surface area contributed by atoms with Crippen LogP contribution in [0.3, 0.4) is 0 Å². The zero-order chi connectivity index (χ0) is 14.3. The number of hydrogen-bond acceptors (Lipinski definition) is 3. The lowest BCUT2D eigenvalue weighted by Gasteiger charge is -2.14. The highest BCUT2D eigenvalue weighted by Gasteiger charge is 2.42. The van der Waals surface area contributed by atoms with E-state index in [1.54, 1.807) is 25.6 Å². The molecule has 5 nitrogen and oxygen atoms in total. The lowest BCUT2D eigenvalue weighted by Crippen LogP contribution is -2.31. The maximum absolute atomic E-state index is 12.4. The van der Waals surface area contributed by atoms with E-state index in [0.717, 1.165) is 19.3 Å². The molecule has 0 saturated heterocycles. The van der Waals surface area contributed by atoms with Crippen molar-refractivity contribution >= 4 is 21.6 Å². The van der Waals surface area contributed by atoms with Crippen LogP contribution in [0.4, 0.5) is 0 Å². The van der Waals surface area contributed by atoms with Gasteiger partial charge in [-0.1, -0.05) is 0 Å². The summed E-state index contributed by atoms with van der Waals surface area (Å²) in [6, 6.07) is 0. The molecule has 1 aliphatic rings. The van der Waals surface area contributed by atoms with Crippen LogP contribution in [-0.4, -0.2) is 30.6 Å². The number of nitrogens with one attached hydrogen (secondary N) is 1. The van der Waals surface area contributed by atoms with Crippen molar-refractivity contribution < 1.29 is 8.42 Å². The highest BCUT2D eigenvalue weighted by atomic mass is 35.5. The summed E-state index contributed by atoms with van der Waals surface area (Å²) in [5, 5.41) is 4.15. The average Bonchev–Trinajstić information content (AvgIpc) is 3.01. The van der Waals surface area contributed by atoms with Crippen molar-refractivity contribution in [1.82, 2.24) is 14.5 Å². The Morgan fingerprint density at radius 1 is 1.42 bits per heavy atom. The topological polar surface area (TPSA) is 64.0 Å². The Morgan fingerprint density at radius 2 is 2.05 bits per heavy atom. The molecule has 19 heavy (non-hydrogen) atoms. The summed E-state index contributed by atoms with van der Waals surface area (Å²) in [7, 11) is -1.74. The van der Waals surface area contributed by atoms with Crippen LogP contribution in [0.25, 0.3) is 0 Å². The zero-order valence-corrected chi connectivity index (χ0v) is 13.1. The summed E-state index contributed by atoms with van der Waals surface area (Å²) in [6.45, 7) is 3.95. The van der Waals surface area contributed by atoms with Gasteiger partial charge >= 0.3 is 0 Å². The second-order valence-corrected chi connectivity index (χ2v) is 7.47. The van der Waals surface area contributed by atoms with Gasteiger partial charge in [-0.25, -0.2) is 13.1 Å². The summed E-state index contributed by atoms with van der Waals surface area (Å²) in [4.78, 5) is 0.302. The minimum atomic E-state index is -3.49. The van der Waals surface area contributed by atoms with Gasteiger partial charge in [-0.2, -0.15) is 5.10 Å². The predicted molar refractivity (Wildman–Crippen MR) is 74.9 cm³/mol. The SMILES string of the molecule is Cc1nn(C)c(C)c1S(=O)(=O)NCC1(CCCl)CC1. The first kappa shape index (κ1) is 14.8. The molecule has 0 atom stereocenters. The Balaban J connectivity index is 2.15. The molecular formula is C12H20ClN3O2S. The van der Waals surface area contributed by atoms with Crippen LogP contribution in [0.1, 0.15) is 30.7 Å². The minimum absolute atomic E-state index is 0.0822. The van der Waals surface area contributed by atoms with E-state index < -0.39 is 10.0 Å². The summed E-state index contributed by atoms with van der Waals surface area (Å²) < 4.78 is 29.0. The Hall–Kier alpha value is -0.590. The second kappa shape index (κ2) is 5.07. The molecule has 1 aromatic rings. The van der Waals surface area contributed by atoms with E-state index in [0.29, 0.717) is 28.7 Å². The third-order valence-electron chi connectivity index (χ3n) is 3.93. The van der Waals surface area contributed by atoms with Crippen molar-refractivity contribution in [1.29, 1.82) is 0 Å². The Kier molecular flexibility index (Phi) is 3.95. The van der Waals surface area contributed by atoms with Crippen molar-refractivity contribution in [3.8, 4) is 0 Å². The van der Waals surface area contributed by atoms with E-state index in [4.69, 9.17) is 11.6 Å². The predicted octanol–water partition coefficient (Wildman–Crippen LogP) is 1.72. The molecule has 1 aliphatic carbocycles. The summed E-state index contributed by atoms with van der Waals surface area (Å²) in [5.74, 6) is 0.576. The van der Waals surface area contributed by atoms with Crippen LogP contribution in [0.5, 0.6) is 0 Å². The van der Waals surface area contributed by atoms with Crippen LogP contribution < -0.4 is 4.72 Å². The molecule has 1 fully saturated rings. The summed E-state index contributed by atoms with van der Waals surface area (Å²) in [5.41, 5.74) is 1.28. The number of halogens is 1. The van der Waals surface area contributed by atoms with E-state index in [9.17, 15) is 8.42 Å². The van der Waals surface area contributed by atoms with Crippen molar-refractivity contribution in [3.63, 3.8) is 0 Å². The third-order valence-corrected chi connectivity index (χ3v) is 5.77. The highest BCUT2D eigenvalue weighted by Crippen LogP contribution is 2.48. The van der Waals surface area contributed by atoms with Crippen LogP contribution in [0, 0.1) is 19.3 Å². The monoisotopic (exact) mass is 305 g/mol. The van der Waals surface area contributed by atoms with Gasteiger partial charge in [0.2, 0.25) is 10.0 Å². The van der Waals surface area contributed by atoms with E-state index in [-0.39, 0.29) is 5.41 Å². The van der Waals surface area contributed by atoms with E-state index >= 15 is 0 Å². The standard InChI is InChI=1S/C12H20ClN3O2S/c1-9-11(10(2)16(3)15-9)19(17,18)14-8-12(4-5-12)6-7-13/h14H,4-8H2,1-3H3. The Labute approximate surface area is 119 Å². The first-order valence-electron chi connectivity index (χ1n) is 6.37. The molecule has 108 valence electrons. The number of alkyl halides is 1. The molecule has 0 amide bonds. The third kappa shape index (κ3) is 2.95. The van der Waals surface area contributed by atoms with E-state index in [1.807, 2.05) is 0 Å². The van der Waals surface area contributed by atoms with Crippen molar-refractivity contribution in [2.24, 2.45) is 12.5 Å². The summed E-state index contributed by atoms with van der Waals surface area (Å²) in [6.07, 6.45) is 2.96. The summed E-state index contributed by atoms with van der Waals surface area (Å²) >= 11 is 5.76. The average molecular weight is 306 g/mol. The van der Waals surface area contributed by atoms with Crippen molar-refractivity contribution in [2.45, 2.75) is 38.0 Å². The Morgan fingerprint density at radius 3 is 2.47 bits per heavy atom. The fourth-order valence-electron chi connectivity index (χ4n) is 2.36. The van der Waals surface area contributed by atoms with Gasteiger partial charge in [-0.15, -0.1) is 11.6 Å². The van der Waals surface area contributed by atoms with Crippen LogP contribution in [0.2, 0.25) is 0 Å². The minimum Gasteiger partial charge on any atom is -0.271 e. The number of aromatic nitrogens is 2. The fraction of sp³-hybridized carbons (Fsp3) is 0.750. The molecule has 0 aliphatic heterocycles. The number of sulfonamides is 1. The quantitative estimate of drug-likeness (QED) is 0.814. The van der Waals surface area contributed by atoms with Crippen molar-refractivity contribution in [3.05, 3.63) is 11.4 Å². The molecule has 1 heterocycles. The normalized spacial score (nSPS) is 17.7. The number of rotatable bonds is 6. The fourth-order valence-corrected chi connectivity index (χ4v) is 4.35. The first-order chi connectivity index (χ1) is 8.81. The van der Waals surface area contributed by atoms with Gasteiger partial charge in [-0.05, 0) is 38.5 Å². The number of aryl methyl sites for hydroxylation is 2. The van der Waals surface area contributed by atoms with Gasteiger partial charge in [0.05, 0.1) is 11.4 Å². The maximum Gasteiger partial charge on any atom is 0.244 e. The molecule has 0 aromatic carbocycles. The zero-order valence-electron chi connectivity index (χ0n) is 11.5. The van der Waals surface area contributed by atoms with Gasteiger partial charge < -0.3 is 0 Å². The molecule has 1 N–H and O–H groups in total. The molecular weight excluding hydrogens is 286 g/mol. The molecule has 1 aromatic heterocycles. The highest BCUT2D eigenvalue weighted by molar-refractivity contribution is 7.89. The largest absolute Gasteiger partial charge is 0.271 e. The maximum atomic E-state index is 12.4. The molecule has 0 radical (unpaired) electrons. The lowest BCUT2D eigenvalue weighted by molar-refractivity contribution is 0.477. The lowest BCUT2D eigenvalue weighted by atomic mass is 10.1. The second-order valence-electron chi connectivity index (χ2n) is 5.39. The van der Waals surface area contributed by atoms with E-state index in [2.05, 4.69) is 9.82 Å². The van der Waals surface area contributed by atoms with Crippen LogP contribution in [0.15, 0.2) is 4.90 Å². The molecule has 1 saturated carbocycles. The van der Waals surface area contributed by atoms with Crippen LogP contribution in [-0.2, 0) is 17.1 Å². The molecule has 0 bridgehead atoms. The van der Waals surface area contributed by atoms with Gasteiger partial charge in [0.15, 0.2) is 0 Å². The van der Waals surface area contributed by atoms with Gasteiger partial charge in [0.1, 0.15) is 4.90 Å². The van der Waals surface area contributed by atoms with E-state index in [1.165, 1.54) is 0 Å². The molecule has 2 rings (SSSR count). The molecule has 7 heteroatoms. The number of nitrogens with zero attached hydrogens (tertiary/aromatic N) is 2. The molecule has 0 spiro atoms. The van der Waals surface area contributed by atoms with Gasteiger partial charge in [0, 0.05) is 19.5 Å². The number of hydrogen-bond donors (Lipinski definition) is 1. The van der Waals surface area contributed by atoms with Gasteiger partial charge in [0.25, 0.3) is 0 Å². The smallest absolute Gasteiger partial charge is 0.244 e. The Bertz CT molecular complexity index is 576. The van der Waals surface area contributed by atoms with Crippen molar-refractivity contribution in [2.75, 3.05) is 12.4 Å². The first-order valence-corrected chi connectivity index (χ1v) is 8.39. The molecule has 0 unspecified atom stereocenters. The van der Waals surface area contributed by atoms with Gasteiger partial charge in [-0.3, -0.25) is 4.68 Å².